The van der Waals surface area contributed by atoms with Crippen LogP contribution in [0, 0.1) is 6.92 Å². The topological polar surface area (TPSA) is 55.4 Å². The molecule has 2 aromatic carbocycles. The Kier molecular flexibility index (Phi) is 5.52. The molecule has 1 unspecified atom stereocenters. The third kappa shape index (κ3) is 3.97. The second kappa shape index (κ2) is 7.58. The fourth-order valence-electron chi connectivity index (χ4n) is 2.53. The van der Waals surface area contributed by atoms with Crippen molar-refractivity contribution in [3.05, 3.63) is 65.2 Å². The predicted octanol–water partition coefficient (Wildman–Crippen LogP) is 3.91. The molecule has 1 atom stereocenters. The molecule has 120 valence electrons. The summed E-state index contributed by atoms with van der Waals surface area (Å²) in [6.45, 7) is 3.84. The van der Waals surface area contributed by atoms with Crippen LogP contribution in [0.1, 0.15) is 40.7 Å². The first-order valence-corrected chi connectivity index (χ1v) is 7.61. The Hall–Kier alpha value is -2.62. The molecule has 0 heterocycles. The summed E-state index contributed by atoms with van der Waals surface area (Å²) in [5.74, 6) is -0.634. The normalized spacial score (nSPS) is 11.6. The maximum atomic E-state index is 12.6. The molecule has 1 N–H and O–H groups in total. The standard InChI is InChI=1S/C19H21NO3/c1-4-16(14-8-6-5-7-9-14)18(21)20-17-11-10-15(12-13(17)2)19(22)23-3/h5-12,16H,4H2,1-3H3,(H,20,21). The molecular weight excluding hydrogens is 290 g/mol. The van der Waals surface area contributed by atoms with E-state index >= 15 is 0 Å². The molecule has 0 aromatic heterocycles. The van der Waals surface area contributed by atoms with Crippen molar-refractivity contribution in [1.29, 1.82) is 0 Å². The highest BCUT2D eigenvalue weighted by Crippen LogP contribution is 2.23. The van der Waals surface area contributed by atoms with Gasteiger partial charge in [-0.25, -0.2) is 4.79 Å². The van der Waals surface area contributed by atoms with Gasteiger partial charge in [-0.15, -0.1) is 0 Å². The van der Waals surface area contributed by atoms with Crippen LogP contribution in [-0.2, 0) is 9.53 Å². The predicted molar refractivity (Wildman–Crippen MR) is 90.6 cm³/mol. The van der Waals surface area contributed by atoms with Crippen molar-refractivity contribution in [2.75, 3.05) is 12.4 Å². The van der Waals surface area contributed by atoms with Crippen LogP contribution in [0.2, 0.25) is 0 Å². The quantitative estimate of drug-likeness (QED) is 0.852. The zero-order valence-corrected chi connectivity index (χ0v) is 13.6. The molecule has 0 aliphatic rings. The van der Waals surface area contributed by atoms with Gasteiger partial charge >= 0.3 is 5.97 Å². The number of hydrogen-bond donors (Lipinski definition) is 1. The van der Waals surface area contributed by atoms with E-state index in [9.17, 15) is 9.59 Å². The van der Waals surface area contributed by atoms with Gasteiger partial charge < -0.3 is 10.1 Å². The highest BCUT2D eigenvalue weighted by Gasteiger charge is 2.19. The number of anilines is 1. The number of carbonyl (C=O) groups excluding carboxylic acids is 2. The Labute approximate surface area is 136 Å². The van der Waals surface area contributed by atoms with Gasteiger partial charge in [0.05, 0.1) is 18.6 Å². The van der Waals surface area contributed by atoms with E-state index in [4.69, 9.17) is 4.74 Å². The van der Waals surface area contributed by atoms with E-state index in [1.165, 1.54) is 7.11 Å². The van der Waals surface area contributed by atoms with E-state index in [1.54, 1.807) is 18.2 Å². The van der Waals surface area contributed by atoms with Gasteiger partial charge in [0.1, 0.15) is 0 Å². The highest BCUT2D eigenvalue weighted by atomic mass is 16.5. The lowest BCUT2D eigenvalue weighted by Crippen LogP contribution is -2.21. The molecule has 1 amide bonds. The Balaban J connectivity index is 2.18. The molecule has 0 fully saturated rings. The Morgan fingerprint density at radius 2 is 1.83 bits per heavy atom. The van der Waals surface area contributed by atoms with Gasteiger partial charge in [0.25, 0.3) is 0 Å². The van der Waals surface area contributed by atoms with Crippen LogP contribution in [0.3, 0.4) is 0 Å². The zero-order chi connectivity index (χ0) is 16.8. The molecule has 0 aliphatic carbocycles. The lowest BCUT2D eigenvalue weighted by atomic mass is 9.95. The van der Waals surface area contributed by atoms with E-state index in [-0.39, 0.29) is 17.8 Å². The third-order valence-electron chi connectivity index (χ3n) is 3.83. The second-order valence-corrected chi connectivity index (χ2v) is 5.38. The lowest BCUT2D eigenvalue weighted by molar-refractivity contribution is -0.117. The fraction of sp³-hybridized carbons (Fsp3) is 0.263. The summed E-state index contributed by atoms with van der Waals surface area (Å²) < 4.78 is 4.70. The first-order chi connectivity index (χ1) is 11.1. The van der Waals surface area contributed by atoms with Crippen molar-refractivity contribution < 1.29 is 14.3 Å². The van der Waals surface area contributed by atoms with E-state index < -0.39 is 0 Å². The van der Waals surface area contributed by atoms with E-state index in [1.807, 2.05) is 44.2 Å². The summed E-state index contributed by atoms with van der Waals surface area (Å²) >= 11 is 0. The number of nitrogens with one attached hydrogen (secondary N) is 1. The maximum Gasteiger partial charge on any atom is 0.337 e. The minimum Gasteiger partial charge on any atom is -0.465 e. The van der Waals surface area contributed by atoms with Crippen LogP contribution in [0.25, 0.3) is 0 Å². The van der Waals surface area contributed by atoms with Gasteiger partial charge in [0.2, 0.25) is 5.91 Å². The number of aryl methyl sites for hydroxylation is 1. The van der Waals surface area contributed by atoms with E-state index in [0.29, 0.717) is 11.3 Å². The molecule has 0 bridgehead atoms. The molecule has 0 radical (unpaired) electrons. The van der Waals surface area contributed by atoms with Gasteiger partial charge in [-0.05, 0) is 42.7 Å². The summed E-state index contributed by atoms with van der Waals surface area (Å²) in [4.78, 5) is 24.1. The molecule has 2 rings (SSSR count). The fourth-order valence-corrected chi connectivity index (χ4v) is 2.53. The van der Waals surface area contributed by atoms with Gasteiger partial charge in [-0.3, -0.25) is 4.79 Å². The minimum absolute atomic E-state index is 0.0485. The Morgan fingerprint density at radius 1 is 1.13 bits per heavy atom. The monoisotopic (exact) mass is 311 g/mol. The summed E-state index contributed by atoms with van der Waals surface area (Å²) in [6.07, 6.45) is 0.717. The first kappa shape index (κ1) is 16.7. The summed E-state index contributed by atoms with van der Waals surface area (Å²) in [5.41, 5.74) is 3.00. The van der Waals surface area contributed by atoms with Crippen molar-refractivity contribution in [3.63, 3.8) is 0 Å². The number of methoxy groups -OCH3 is 1. The molecule has 4 nitrogen and oxygen atoms in total. The number of hydrogen-bond acceptors (Lipinski definition) is 3. The van der Waals surface area contributed by atoms with E-state index in [2.05, 4.69) is 5.32 Å². The van der Waals surface area contributed by atoms with Gasteiger partial charge in [0, 0.05) is 5.69 Å². The molecule has 23 heavy (non-hydrogen) atoms. The summed E-state index contributed by atoms with van der Waals surface area (Å²) in [7, 11) is 1.35. The molecule has 0 saturated carbocycles. The van der Waals surface area contributed by atoms with Crippen LogP contribution in [0.15, 0.2) is 48.5 Å². The largest absolute Gasteiger partial charge is 0.465 e. The van der Waals surface area contributed by atoms with Gasteiger partial charge in [-0.2, -0.15) is 0 Å². The number of rotatable bonds is 5. The summed E-state index contributed by atoms with van der Waals surface area (Å²) in [6, 6.07) is 14.8. The Morgan fingerprint density at radius 3 is 2.39 bits per heavy atom. The van der Waals surface area contributed by atoms with Gasteiger partial charge in [0.15, 0.2) is 0 Å². The van der Waals surface area contributed by atoms with Gasteiger partial charge in [-0.1, -0.05) is 37.3 Å². The third-order valence-corrected chi connectivity index (χ3v) is 3.83. The van der Waals surface area contributed by atoms with Crippen LogP contribution in [0.4, 0.5) is 5.69 Å². The van der Waals surface area contributed by atoms with Crippen molar-refractivity contribution in [2.45, 2.75) is 26.2 Å². The molecule has 4 heteroatoms. The molecule has 2 aromatic rings. The number of amides is 1. The maximum absolute atomic E-state index is 12.6. The van der Waals surface area contributed by atoms with Crippen molar-refractivity contribution in [2.24, 2.45) is 0 Å². The molecular formula is C19H21NO3. The number of esters is 1. The second-order valence-electron chi connectivity index (χ2n) is 5.38. The number of carbonyl (C=O) groups is 2. The molecule has 0 spiro atoms. The average Bonchev–Trinajstić information content (AvgIpc) is 2.57. The SMILES string of the molecule is CCC(C(=O)Nc1ccc(C(=O)OC)cc1C)c1ccccc1. The summed E-state index contributed by atoms with van der Waals surface area (Å²) in [5, 5.41) is 2.95. The average molecular weight is 311 g/mol. The van der Waals surface area contributed by atoms with Crippen molar-refractivity contribution in [1.82, 2.24) is 0 Å². The van der Waals surface area contributed by atoms with Crippen LogP contribution >= 0.6 is 0 Å². The number of benzene rings is 2. The van der Waals surface area contributed by atoms with Crippen LogP contribution < -0.4 is 5.32 Å². The minimum atomic E-state index is -0.387. The molecule has 0 aliphatic heterocycles. The lowest BCUT2D eigenvalue weighted by Gasteiger charge is -2.17. The van der Waals surface area contributed by atoms with Crippen LogP contribution in [0.5, 0.6) is 0 Å². The molecule has 0 saturated heterocycles. The highest BCUT2D eigenvalue weighted by molar-refractivity contribution is 5.97. The zero-order valence-electron chi connectivity index (χ0n) is 13.6. The van der Waals surface area contributed by atoms with Crippen molar-refractivity contribution >= 4 is 17.6 Å². The van der Waals surface area contributed by atoms with E-state index in [0.717, 1.165) is 17.5 Å². The Bertz CT molecular complexity index is 695. The van der Waals surface area contributed by atoms with Crippen molar-refractivity contribution in [3.8, 4) is 0 Å². The first-order valence-electron chi connectivity index (χ1n) is 7.61. The number of ether oxygens (including phenoxy) is 1. The van der Waals surface area contributed by atoms with Crippen LogP contribution in [-0.4, -0.2) is 19.0 Å². The smallest absolute Gasteiger partial charge is 0.337 e.